The number of para-hydroxylation sites is 1. The quantitative estimate of drug-likeness (QED) is 0.622. The molecule has 39 heavy (non-hydrogen) atoms. The van der Waals surface area contributed by atoms with Crippen LogP contribution in [0.3, 0.4) is 0 Å². The lowest BCUT2D eigenvalue weighted by atomic mass is 9.73. The first kappa shape index (κ1) is 27.4. The van der Waals surface area contributed by atoms with Gasteiger partial charge in [-0.1, -0.05) is 31.0 Å². The second-order valence-electron chi connectivity index (χ2n) is 11.6. The van der Waals surface area contributed by atoms with Crippen molar-refractivity contribution in [3.05, 3.63) is 47.3 Å². The molecule has 0 saturated carbocycles. The van der Waals surface area contributed by atoms with E-state index in [4.69, 9.17) is 4.74 Å². The molecule has 0 atom stereocenters. The van der Waals surface area contributed by atoms with E-state index in [1.54, 1.807) is 0 Å². The number of amides is 2. The predicted octanol–water partition coefficient (Wildman–Crippen LogP) is 4.23. The molecule has 0 unspecified atom stereocenters. The number of aromatic nitrogens is 2. The van der Waals surface area contributed by atoms with Crippen LogP contribution in [0.2, 0.25) is 0 Å². The Morgan fingerprint density at radius 1 is 0.974 bits per heavy atom. The van der Waals surface area contributed by atoms with Gasteiger partial charge < -0.3 is 19.9 Å². The van der Waals surface area contributed by atoms with E-state index in [1.807, 2.05) is 36.9 Å². The van der Waals surface area contributed by atoms with Crippen molar-refractivity contribution < 1.29 is 14.3 Å². The first-order valence-corrected chi connectivity index (χ1v) is 14.8. The number of rotatable bonds is 2. The molecule has 1 N–H and O–H groups in total. The minimum atomic E-state index is -0.387. The van der Waals surface area contributed by atoms with Crippen LogP contribution >= 0.6 is 0 Å². The van der Waals surface area contributed by atoms with Crippen LogP contribution in [0.1, 0.15) is 68.3 Å². The van der Waals surface area contributed by atoms with E-state index in [1.165, 1.54) is 5.56 Å². The summed E-state index contributed by atoms with van der Waals surface area (Å²) >= 11 is 0. The molecule has 3 aliphatic heterocycles. The molecule has 1 spiro atoms. The second kappa shape index (κ2) is 12.3. The molecule has 2 saturated heterocycles. The minimum absolute atomic E-state index is 0.0360. The average Bonchev–Trinajstić information content (AvgIpc) is 2.96. The van der Waals surface area contributed by atoms with E-state index < -0.39 is 0 Å². The summed E-state index contributed by atoms with van der Waals surface area (Å²) in [5.41, 5.74) is 2.81. The summed E-state index contributed by atoms with van der Waals surface area (Å²) in [4.78, 5) is 40.3. The molecule has 2 amide bonds. The number of likely N-dealkylation sites (tertiary alicyclic amines) is 1. The molecule has 0 aliphatic carbocycles. The third kappa shape index (κ3) is 6.53. The molecule has 5 rings (SSSR count). The van der Waals surface area contributed by atoms with Crippen LogP contribution in [-0.2, 0) is 16.0 Å². The fourth-order valence-electron chi connectivity index (χ4n) is 6.50. The van der Waals surface area contributed by atoms with Gasteiger partial charge in [-0.05, 0) is 76.5 Å². The highest BCUT2D eigenvalue weighted by Gasteiger charge is 2.42. The van der Waals surface area contributed by atoms with Gasteiger partial charge in [0.2, 0.25) is 17.8 Å². The van der Waals surface area contributed by atoms with Gasteiger partial charge in [0.1, 0.15) is 12.4 Å². The number of carbonyl (C=O) groups excluding carboxylic acids is 2. The number of carbonyl (C=O) groups is 2. The zero-order chi connectivity index (χ0) is 27.2. The van der Waals surface area contributed by atoms with E-state index in [-0.39, 0.29) is 23.1 Å². The number of fused-ring (bicyclic) bond motifs is 1. The molecule has 0 bridgehead atoms. The van der Waals surface area contributed by atoms with Crippen molar-refractivity contribution >= 4 is 17.8 Å². The van der Waals surface area contributed by atoms with Crippen LogP contribution in [-0.4, -0.2) is 66.0 Å². The van der Waals surface area contributed by atoms with Crippen LogP contribution in [0.15, 0.2) is 30.3 Å². The van der Waals surface area contributed by atoms with E-state index in [2.05, 4.69) is 32.3 Å². The van der Waals surface area contributed by atoms with Gasteiger partial charge in [0.05, 0.1) is 12.0 Å². The summed E-state index contributed by atoms with van der Waals surface area (Å²) in [6.07, 6.45) is 8.22. The molecule has 4 heterocycles. The number of benzene rings is 1. The third-order valence-electron chi connectivity index (χ3n) is 8.83. The van der Waals surface area contributed by atoms with Gasteiger partial charge in [-0.15, -0.1) is 0 Å². The Kier molecular flexibility index (Phi) is 8.68. The number of ether oxygens (including phenoxy) is 1. The highest BCUT2D eigenvalue weighted by atomic mass is 16.5. The number of anilines is 1. The second-order valence-corrected chi connectivity index (χ2v) is 11.6. The van der Waals surface area contributed by atoms with Crippen molar-refractivity contribution in [2.24, 2.45) is 11.3 Å². The van der Waals surface area contributed by atoms with Crippen LogP contribution in [0, 0.1) is 25.2 Å². The maximum Gasteiger partial charge on any atom is 0.226 e. The molecular weight excluding hydrogens is 490 g/mol. The van der Waals surface area contributed by atoms with Crippen LogP contribution in [0.5, 0.6) is 5.75 Å². The number of piperidine rings is 2. The molecule has 8 nitrogen and oxygen atoms in total. The first-order valence-electron chi connectivity index (χ1n) is 14.8. The maximum atomic E-state index is 13.5. The SMILES string of the molecule is Cc1cc(C)nc(N2CCC(C(=O)N3CCC4(CCCCCc5ccccc5OCCNC4=O)CC3)CC2)n1. The smallest absolute Gasteiger partial charge is 0.226 e. The fraction of sp³-hybridized carbons (Fsp3) is 0.613. The number of nitrogens with zero attached hydrogens (tertiary/aromatic N) is 4. The monoisotopic (exact) mass is 533 g/mol. The van der Waals surface area contributed by atoms with E-state index in [9.17, 15) is 9.59 Å². The van der Waals surface area contributed by atoms with Gasteiger partial charge in [-0.2, -0.15) is 0 Å². The number of nitrogens with one attached hydrogen (secondary N) is 1. The summed E-state index contributed by atoms with van der Waals surface area (Å²) in [6.45, 7) is 7.87. The Morgan fingerprint density at radius 3 is 2.44 bits per heavy atom. The minimum Gasteiger partial charge on any atom is -0.491 e. The van der Waals surface area contributed by atoms with Crippen molar-refractivity contribution in [3.8, 4) is 5.75 Å². The predicted molar refractivity (Wildman–Crippen MR) is 152 cm³/mol. The Balaban J connectivity index is 1.15. The molecule has 210 valence electrons. The lowest BCUT2D eigenvalue weighted by molar-refractivity contribution is -0.144. The van der Waals surface area contributed by atoms with Gasteiger partial charge >= 0.3 is 0 Å². The summed E-state index contributed by atoms with van der Waals surface area (Å²) in [6, 6.07) is 10.2. The van der Waals surface area contributed by atoms with E-state index >= 15 is 0 Å². The molecule has 2 fully saturated rings. The van der Waals surface area contributed by atoms with E-state index in [0.717, 1.165) is 94.0 Å². The molecule has 3 aliphatic rings. The molecule has 2 aromatic rings. The molecular formula is C31H43N5O3. The van der Waals surface area contributed by atoms with Crippen LogP contribution < -0.4 is 15.0 Å². The Labute approximate surface area is 232 Å². The summed E-state index contributed by atoms with van der Waals surface area (Å²) in [7, 11) is 0. The average molecular weight is 534 g/mol. The fourth-order valence-corrected chi connectivity index (χ4v) is 6.50. The van der Waals surface area contributed by atoms with Gasteiger partial charge in [0.25, 0.3) is 0 Å². The lowest BCUT2D eigenvalue weighted by Crippen LogP contribution is -2.52. The molecule has 1 aromatic carbocycles. The van der Waals surface area contributed by atoms with Crippen molar-refractivity contribution in [1.82, 2.24) is 20.2 Å². The Morgan fingerprint density at radius 2 is 1.69 bits per heavy atom. The number of hydrogen-bond acceptors (Lipinski definition) is 6. The van der Waals surface area contributed by atoms with Gasteiger partial charge in [-0.3, -0.25) is 9.59 Å². The van der Waals surface area contributed by atoms with Crippen molar-refractivity contribution in [1.29, 1.82) is 0 Å². The molecule has 1 aromatic heterocycles. The highest BCUT2D eigenvalue weighted by molar-refractivity contribution is 5.84. The zero-order valence-electron chi connectivity index (χ0n) is 23.6. The van der Waals surface area contributed by atoms with Crippen LogP contribution in [0.4, 0.5) is 5.95 Å². The summed E-state index contributed by atoms with van der Waals surface area (Å²) in [5.74, 6) is 2.13. The summed E-state index contributed by atoms with van der Waals surface area (Å²) in [5, 5.41) is 3.16. The topological polar surface area (TPSA) is 87.7 Å². The first-order chi connectivity index (χ1) is 18.9. The Bertz CT molecular complexity index is 1130. The van der Waals surface area contributed by atoms with Crippen molar-refractivity contribution in [2.75, 3.05) is 44.2 Å². The molecule has 8 heteroatoms. The van der Waals surface area contributed by atoms with Gasteiger partial charge in [0, 0.05) is 43.5 Å². The largest absolute Gasteiger partial charge is 0.491 e. The van der Waals surface area contributed by atoms with Gasteiger partial charge in [-0.25, -0.2) is 9.97 Å². The van der Waals surface area contributed by atoms with Gasteiger partial charge in [0.15, 0.2) is 0 Å². The number of aryl methyl sites for hydroxylation is 3. The number of hydrogen-bond donors (Lipinski definition) is 1. The van der Waals surface area contributed by atoms with E-state index in [0.29, 0.717) is 26.2 Å². The zero-order valence-corrected chi connectivity index (χ0v) is 23.6. The molecule has 0 radical (unpaired) electrons. The standard InChI is InChI=1S/C31H43N5O3/c1-23-22-24(2)34-30(33-23)36-17-11-26(12-18-36)28(37)35-19-14-31(15-20-35)13-7-3-4-8-25-9-5-6-10-27(25)39-21-16-32-29(31)38/h5-6,9-10,22,26H,3-4,7-8,11-21H2,1-2H3,(H,32,38). The lowest BCUT2D eigenvalue weighted by Gasteiger charge is -2.42. The van der Waals surface area contributed by atoms with Crippen molar-refractivity contribution in [3.63, 3.8) is 0 Å². The highest BCUT2D eigenvalue weighted by Crippen LogP contribution is 2.38. The van der Waals surface area contributed by atoms with Crippen molar-refractivity contribution in [2.45, 2.75) is 71.6 Å². The summed E-state index contributed by atoms with van der Waals surface area (Å²) < 4.78 is 6.01. The maximum absolute atomic E-state index is 13.5. The Hall–Kier alpha value is -3.16. The van der Waals surface area contributed by atoms with Crippen LogP contribution in [0.25, 0.3) is 0 Å². The third-order valence-corrected chi connectivity index (χ3v) is 8.83. The normalized spacial score (nSPS) is 21.1.